The minimum atomic E-state index is 0.00394. The molecule has 1 amide bonds. The molecule has 4 heteroatoms. The van der Waals surface area contributed by atoms with Gasteiger partial charge in [0.25, 0.3) is 5.91 Å². The van der Waals surface area contributed by atoms with Gasteiger partial charge in [0, 0.05) is 12.6 Å². The molecule has 3 fully saturated rings. The molecule has 1 aromatic rings. The molecule has 3 aliphatic carbocycles. The number of nitrogens with one attached hydrogen (secondary N) is 2. The second-order valence-corrected chi connectivity index (χ2v) is 10.7. The second-order valence-electron chi connectivity index (χ2n) is 10.2. The Labute approximate surface area is 187 Å². The van der Waals surface area contributed by atoms with Crippen LogP contribution in [-0.4, -0.2) is 25.0 Å². The Kier molecular flexibility index (Phi) is 7.75. The molecule has 0 unspecified atom stereocenters. The molecule has 2 bridgehead atoms. The molecule has 0 saturated heterocycles. The molecule has 4 rings (SSSR count). The zero-order valence-corrected chi connectivity index (χ0v) is 19.2. The third kappa shape index (κ3) is 5.79. The van der Waals surface area contributed by atoms with Gasteiger partial charge >= 0.3 is 0 Å². The van der Waals surface area contributed by atoms with Crippen LogP contribution in [-0.2, 0) is 6.42 Å². The molecular weight excluding hydrogens is 392 g/mol. The van der Waals surface area contributed by atoms with Crippen LogP contribution in [0.5, 0.6) is 0 Å². The van der Waals surface area contributed by atoms with Gasteiger partial charge in [-0.3, -0.25) is 4.79 Å². The molecule has 3 saturated carbocycles. The molecule has 0 heterocycles. The van der Waals surface area contributed by atoms with E-state index in [9.17, 15) is 4.79 Å². The number of carbonyl (C=O) groups excluding carboxylic acids is 1. The van der Waals surface area contributed by atoms with Gasteiger partial charge in [0.2, 0.25) is 0 Å². The average molecular weight is 431 g/mol. The molecule has 0 aliphatic heterocycles. The number of aryl methyl sites for hydroxylation is 1. The molecule has 2 N–H and O–H groups in total. The van der Waals surface area contributed by atoms with Crippen LogP contribution >= 0.6 is 11.6 Å². The van der Waals surface area contributed by atoms with Crippen molar-refractivity contribution in [3.05, 3.63) is 34.3 Å². The highest BCUT2D eigenvalue weighted by Gasteiger charge is 2.39. The monoisotopic (exact) mass is 430 g/mol. The van der Waals surface area contributed by atoms with Gasteiger partial charge in [0.05, 0.1) is 10.6 Å². The zero-order chi connectivity index (χ0) is 20.8. The zero-order valence-electron chi connectivity index (χ0n) is 18.5. The Morgan fingerprint density at radius 3 is 2.57 bits per heavy atom. The van der Waals surface area contributed by atoms with E-state index in [2.05, 4.69) is 16.7 Å². The van der Waals surface area contributed by atoms with E-state index in [1.54, 1.807) is 0 Å². The molecule has 0 aromatic heterocycles. The summed E-state index contributed by atoms with van der Waals surface area (Å²) >= 11 is 6.41. The van der Waals surface area contributed by atoms with Gasteiger partial charge in [0.1, 0.15) is 0 Å². The number of fused-ring (bicyclic) bond motifs is 2. The topological polar surface area (TPSA) is 41.1 Å². The summed E-state index contributed by atoms with van der Waals surface area (Å²) in [6, 6.07) is 6.70. The van der Waals surface area contributed by atoms with Crippen molar-refractivity contribution in [3.63, 3.8) is 0 Å². The maximum absolute atomic E-state index is 12.9. The van der Waals surface area contributed by atoms with Gasteiger partial charge in [-0.2, -0.15) is 0 Å². The third-order valence-electron chi connectivity index (χ3n) is 7.94. The number of rotatable bonds is 8. The molecule has 3 aliphatic rings. The fourth-order valence-electron chi connectivity index (χ4n) is 6.24. The number of halogens is 1. The smallest absolute Gasteiger partial charge is 0.252 e. The Morgan fingerprint density at radius 1 is 1.03 bits per heavy atom. The van der Waals surface area contributed by atoms with Crippen molar-refractivity contribution in [2.45, 2.75) is 95.9 Å². The lowest BCUT2D eigenvalue weighted by molar-refractivity contribution is 0.0682. The van der Waals surface area contributed by atoms with E-state index < -0.39 is 0 Å². The summed E-state index contributed by atoms with van der Waals surface area (Å²) in [7, 11) is 0. The molecule has 166 valence electrons. The first-order chi connectivity index (χ1) is 14.6. The molecule has 3 nitrogen and oxygen atoms in total. The molecular formula is C26H39ClN2O. The van der Waals surface area contributed by atoms with E-state index in [-0.39, 0.29) is 5.91 Å². The van der Waals surface area contributed by atoms with Crippen LogP contribution in [0.25, 0.3) is 0 Å². The van der Waals surface area contributed by atoms with Crippen molar-refractivity contribution >= 4 is 17.5 Å². The highest BCUT2D eigenvalue weighted by Crippen LogP contribution is 2.48. The van der Waals surface area contributed by atoms with Crippen molar-refractivity contribution in [1.29, 1.82) is 0 Å². The van der Waals surface area contributed by atoms with Crippen LogP contribution in [0.3, 0.4) is 0 Å². The van der Waals surface area contributed by atoms with Crippen LogP contribution in [0.4, 0.5) is 0 Å². The summed E-state index contributed by atoms with van der Waals surface area (Å²) < 4.78 is 0. The molecule has 30 heavy (non-hydrogen) atoms. The highest BCUT2D eigenvalue weighted by molar-refractivity contribution is 6.33. The van der Waals surface area contributed by atoms with E-state index in [0.717, 1.165) is 31.8 Å². The van der Waals surface area contributed by atoms with Crippen molar-refractivity contribution in [1.82, 2.24) is 10.6 Å². The number of hydrogen-bond donors (Lipinski definition) is 2. The van der Waals surface area contributed by atoms with Crippen molar-refractivity contribution in [2.75, 3.05) is 13.1 Å². The van der Waals surface area contributed by atoms with Gasteiger partial charge in [0.15, 0.2) is 0 Å². The van der Waals surface area contributed by atoms with E-state index >= 15 is 0 Å². The van der Waals surface area contributed by atoms with Crippen LogP contribution in [0.15, 0.2) is 18.2 Å². The van der Waals surface area contributed by atoms with Crippen LogP contribution in [0, 0.1) is 11.3 Å². The lowest BCUT2D eigenvalue weighted by atomic mass is 9.62. The van der Waals surface area contributed by atoms with Crippen molar-refractivity contribution in [3.8, 4) is 0 Å². The van der Waals surface area contributed by atoms with Crippen molar-refractivity contribution < 1.29 is 4.79 Å². The van der Waals surface area contributed by atoms with Crippen molar-refractivity contribution in [2.24, 2.45) is 11.3 Å². The van der Waals surface area contributed by atoms with Gasteiger partial charge in [-0.1, -0.05) is 62.6 Å². The molecule has 0 radical (unpaired) electrons. The summed E-state index contributed by atoms with van der Waals surface area (Å²) in [5.74, 6) is 0.891. The predicted octanol–water partition coefficient (Wildman–Crippen LogP) is 6.29. The summed E-state index contributed by atoms with van der Waals surface area (Å²) in [5.41, 5.74) is 2.20. The van der Waals surface area contributed by atoms with Crippen LogP contribution < -0.4 is 10.6 Å². The SMILES string of the molecule is O=C(NCC12CCCC(CCC1)C2)c1cc(CCCNC2CCCCC2)ccc1Cl. The Hall–Kier alpha value is -1.06. The van der Waals surface area contributed by atoms with Crippen LogP contribution in [0.1, 0.15) is 99.4 Å². The normalized spacial score (nSPS) is 27.0. The first-order valence-corrected chi connectivity index (χ1v) is 12.8. The Morgan fingerprint density at radius 2 is 1.80 bits per heavy atom. The minimum absolute atomic E-state index is 0.00394. The highest BCUT2D eigenvalue weighted by atomic mass is 35.5. The summed E-state index contributed by atoms with van der Waals surface area (Å²) in [4.78, 5) is 12.9. The molecule has 0 spiro atoms. The maximum atomic E-state index is 12.9. The second kappa shape index (κ2) is 10.5. The summed E-state index contributed by atoms with van der Waals surface area (Å²) in [6.07, 6.45) is 18.1. The fraction of sp³-hybridized carbons (Fsp3) is 0.731. The fourth-order valence-corrected chi connectivity index (χ4v) is 6.44. The first kappa shape index (κ1) is 22.1. The van der Waals surface area contributed by atoms with Gasteiger partial charge < -0.3 is 10.6 Å². The predicted molar refractivity (Wildman–Crippen MR) is 125 cm³/mol. The largest absolute Gasteiger partial charge is 0.351 e. The van der Waals surface area contributed by atoms with Gasteiger partial charge in [-0.05, 0) is 80.5 Å². The quantitative estimate of drug-likeness (QED) is 0.476. The third-order valence-corrected chi connectivity index (χ3v) is 8.27. The Balaban J connectivity index is 1.27. The van der Waals surface area contributed by atoms with Gasteiger partial charge in [-0.15, -0.1) is 0 Å². The standard InChI is InChI=1S/C26H39ClN2O/c27-24-13-12-20(9-6-16-28-22-10-2-1-3-11-22)17-23(24)25(30)29-19-26-14-4-7-21(18-26)8-5-15-26/h12-13,17,21-22,28H,1-11,14-16,18-19H2,(H,29,30). The number of hydrogen-bond acceptors (Lipinski definition) is 2. The lowest BCUT2D eigenvalue weighted by Gasteiger charge is -2.45. The number of benzene rings is 1. The average Bonchev–Trinajstić information content (AvgIpc) is 2.77. The van der Waals surface area contributed by atoms with Crippen LogP contribution in [0.2, 0.25) is 5.02 Å². The molecule has 0 atom stereocenters. The summed E-state index contributed by atoms with van der Waals surface area (Å²) in [5, 5.41) is 7.54. The lowest BCUT2D eigenvalue weighted by Crippen LogP contribution is -2.43. The Bertz CT molecular complexity index is 703. The first-order valence-electron chi connectivity index (χ1n) is 12.4. The van der Waals surface area contributed by atoms with E-state index in [1.807, 2.05) is 12.1 Å². The summed E-state index contributed by atoms with van der Waals surface area (Å²) in [6.45, 7) is 1.87. The minimum Gasteiger partial charge on any atom is -0.351 e. The van der Waals surface area contributed by atoms with E-state index in [0.29, 0.717) is 22.0 Å². The molecule has 1 aromatic carbocycles. The number of carbonyl (C=O) groups is 1. The van der Waals surface area contributed by atoms with E-state index in [1.165, 1.54) is 82.6 Å². The maximum Gasteiger partial charge on any atom is 0.252 e. The van der Waals surface area contributed by atoms with E-state index in [4.69, 9.17) is 11.6 Å². The van der Waals surface area contributed by atoms with Gasteiger partial charge in [-0.25, -0.2) is 0 Å². The number of amides is 1.